The zero-order valence-corrected chi connectivity index (χ0v) is 23.2. The van der Waals surface area contributed by atoms with Crippen molar-refractivity contribution in [2.24, 2.45) is 0 Å². The number of methoxy groups -OCH3 is 1. The number of aromatic amines is 1. The zero-order chi connectivity index (χ0) is 28.3. The summed E-state index contributed by atoms with van der Waals surface area (Å²) in [6.45, 7) is 5.75. The van der Waals surface area contributed by atoms with Gasteiger partial charge in [-0.1, -0.05) is 36.1 Å². The molecule has 1 fully saturated rings. The van der Waals surface area contributed by atoms with Gasteiger partial charge in [-0.15, -0.1) is 0 Å². The number of hydrogen-bond donors (Lipinski definition) is 4. The molecule has 0 bridgehead atoms. The lowest BCUT2D eigenvalue weighted by atomic mass is 9.87. The first-order chi connectivity index (χ1) is 19.3. The van der Waals surface area contributed by atoms with Gasteiger partial charge in [0.15, 0.2) is 5.75 Å². The largest absolute Gasteiger partial charge is 0.493 e. The Bertz CT molecular complexity index is 1530. The SMILES string of the molecule is C=CC(=O)NC1(C#Cc2cnccc2-c2[nH]c3c(c2Nc2cccc(Cl)c2OC)C(=O)NCC3)CCN(C)CC1. The van der Waals surface area contributed by atoms with Crippen molar-refractivity contribution in [3.63, 3.8) is 0 Å². The highest BCUT2D eigenvalue weighted by Gasteiger charge is 2.33. The molecule has 0 atom stereocenters. The highest BCUT2D eigenvalue weighted by Crippen LogP contribution is 2.41. The molecular weight excluding hydrogens is 528 g/mol. The molecule has 1 aromatic carbocycles. The van der Waals surface area contributed by atoms with Crippen molar-refractivity contribution in [1.82, 2.24) is 25.5 Å². The molecule has 9 nitrogen and oxygen atoms in total. The zero-order valence-electron chi connectivity index (χ0n) is 22.5. The Kier molecular flexibility index (Phi) is 7.83. The van der Waals surface area contributed by atoms with E-state index in [9.17, 15) is 9.59 Å². The van der Waals surface area contributed by atoms with E-state index in [4.69, 9.17) is 16.3 Å². The highest BCUT2D eigenvalue weighted by molar-refractivity contribution is 6.32. The quantitative estimate of drug-likeness (QED) is 0.270. The topological polar surface area (TPSA) is 111 Å². The number of pyridine rings is 1. The number of carbonyl (C=O) groups excluding carboxylic acids is 2. The molecule has 3 aromatic rings. The van der Waals surface area contributed by atoms with E-state index in [1.165, 1.54) is 6.08 Å². The minimum absolute atomic E-state index is 0.175. The molecule has 0 aliphatic carbocycles. The molecule has 10 heteroatoms. The average molecular weight is 559 g/mol. The third-order valence-corrected chi connectivity index (χ3v) is 7.61. The van der Waals surface area contributed by atoms with Crippen LogP contribution in [0.1, 0.15) is 34.5 Å². The summed E-state index contributed by atoms with van der Waals surface area (Å²) in [7, 11) is 3.60. The lowest BCUT2D eigenvalue weighted by Gasteiger charge is -2.37. The van der Waals surface area contributed by atoms with E-state index < -0.39 is 5.54 Å². The maximum Gasteiger partial charge on any atom is 0.255 e. The second-order valence-corrected chi connectivity index (χ2v) is 10.3. The third-order valence-electron chi connectivity index (χ3n) is 7.31. The van der Waals surface area contributed by atoms with E-state index in [0.717, 1.165) is 24.3 Å². The van der Waals surface area contributed by atoms with Gasteiger partial charge in [0.2, 0.25) is 5.91 Å². The predicted octanol–water partition coefficient (Wildman–Crippen LogP) is 3.89. The van der Waals surface area contributed by atoms with Gasteiger partial charge in [-0.3, -0.25) is 14.6 Å². The van der Waals surface area contributed by atoms with Gasteiger partial charge in [-0.05, 0) is 44.2 Å². The number of amides is 2. The van der Waals surface area contributed by atoms with Crippen molar-refractivity contribution in [2.75, 3.05) is 39.1 Å². The number of ether oxygens (including phenoxy) is 1. The number of anilines is 2. The van der Waals surface area contributed by atoms with Crippen molar-refractivity contribution in [2.45, 2.75) is 24.8 Å². The Labute approximate surface area is 238 Å². The number of likely N-dealkylation sites (tertiary alicyclic amines) is 1. The van der Waals surface area contributed by atoms with E-state index in [-0.39, 0.29) is 11.8 Å². The first-order valence-electron chi connectivity index (χ1n) is 13.1. The van der Waals surface area contributed by atoms with E-state index in [0.29, 0.717) is 64.8 Å². The second kappa shape index (κ2) is 11.5. The van der Waals surface area contributed by atoms with Gasteiger partial charge in [0.25, 0.3) is 5.91 Å². The van der Waals surface area contributed by atoms with Crippen LogP contribution >= 0.6 is 11.6 Å². The van der Waals surface area contributed by atoms with Crippen molar-refractivity contribution in [3.8, 4) is 28.8 Å². The van der Waals surface area contributed by atoms with Crippen molar-refractivity contribution >= 4 is 34.8 Å². The highest BCUT2D eigenvalue weighted by atomic mass is 35.5. The van der Waals surface area contributed by atoms with Gasteiger partial charge in [0.1, 0.15) is 5.54 Å². The number of piperidine rings is 1. The molecule has 40 heavy (non-hydrogen) atoms. The number of nitrogens with zero attached hydrogens (tertiary/aromatic N) is 2. The molecule has 5 rings (SSSR count). The van der Waals surface area contributed by atoms with Crippen LogP contribution in [0.4, 0.5) is 11.4 Å². The summed E-state index contributed by atoms with van der Waals surface area (Å²) in [6, 6.07) is 7.26. The number of halogens is 1. The monoisotopic (exact) mass is 558 g/mol. The van der Waals surface area contributed by atoms with E-state index >= 15 is 0 Å². The maximum absolute atomic E-state index is 13.1. The van der Waals surface area contributed by atoms with Crippen LogP contribution in [0, 0.1) is 11.8 Å². The van der Waals surface area contributed by atoms with Crippen molar-refractivity contribution in [1.29, 1.82) is 0 Å². The van der Waals surface area contributed by atoms with Gasteiger partial charge in [0, 0.05) is 49.7 Å². The summed E-state index contributed by atoms with van der Waals surface area (Å²) in [5.41, 5.74) is 4.01. The van der Waals surface area contributed by atoms with Crippen LogP contribution in [-0.4, -0.2) is 66.0 Å². The van der Waals surface area contributed by atoms with Crippen LogP contribution < -0.4 is 20.7 Å². The molecular formula is C30H31ClN6O3. The fraction of sp³-hybridized carbons (Fsp3) is 0.300. The number of nitrogens with one attached hydrogen (secondary N) is 4. The smallest absolute Gasteiger partial charge is 0.255 e. The summed E-state index contributed by atoms with van der Waals surface area (Å²) in [5, 5.41) is 9.85. The first kappa shape index (κ1) is 27.3. The number of rotatable bonds is 6. The fourth-order valence-electron chi connectivity index (χ4n) is 5.12. The number of para-hydroxylation sites is 1. The molecule has 2 aliphatic heterocycles. The first-order valence-corrected chi connectivity index (χ1v) is 13.4. The molecule has 2 amide bonds. The molecule has 2 aromatic heterocycles. The summed E-state index contributed by atoms with van der Waals surface area (Å²) in [6.07, 6.45) is 6.68. The Morgan fingerprint density at radius 2 is 2.10 bits per heavy atom. The summed E-state index contributed by atoms with van der Waals surface area (Å²) >= 11 is 6.39. The number of carbonyl (C=O) groups is 2. The summed E-state index contributed by atoms with van der Waals surface area (Å²) in [5.74, 6) is 6.71. The van der Waals surface area contributed by atoms with Crippen LogP contribution in [0.25, 0.3) is 11.3 Å². The third kappa shape index (κ3) is 5.41. The fourth-order valence-corrected chi connectivity index (χ4v) is 5.37. The lowest BCUT2D eigenvalue weighted by Crippen LogP contribution is -2.53. The minimum atomic E-state index is -0.686. The van der Waals surface area contributed by atoms with E-state index in [1.807, 2.05) is 18.2 Å². The van der Waals surface area contributed by atoms with Gasteiger partial charge in [-0.2, -0.15) is 0 Å². The minimum Gasteiger partial charge on any atom is -0.493 e. The van der Waals surface area contributed by atoms with Crippen LogP contribution in [0.5, 0.6) is 5.75 Å². The Morgan fingerprint density at radius 1 is 1.30 bits per heavy atom. The Morgan fingerprint density at radius 3 is 2.85 bits per heavy atom. The van der Waals surface area contributed by atoms with E-state index in [1.54, 1.807) is 25.6 Å². The molecule has 206 valence electrons. The number of H-pyrrole nitrogens is 1. The molecule has 0 radical (unpaired) electrons. The van der Waals surface area contributed by atoms with Gasteiger partial charge in [-0.25, -0.2) is 0 Å². The van der Waals surface area contributed by atoms with Gasteiger partial charge in [0.05, 0.1) is 40.3 Å². The molecule has 4 heterocycles. The van der Waals surface area contributed by atoms with E-state index in [2.05, 4.69) is 56.3 Å². The summed E-state index contributed by atoms with van der Waals surface area (Å²) < 4.78 is 5.55. The van der Waals surface area contributed by atoms with Crippen LogP contribution in [0.2, 0.25) is 5.02 Å². The number of fused-ring (bicyclic) bond motifs is 1. The van der Waals surface area contributed by atoms with Gasteiger partial charge >= 0.3 is 0 Å². The molecule has 4 N–H and O–H groups in total. The predicted molar refractivity (Wildman–Crippen MR) is 156 cm³/mol. The van der Waals surface area contributed by atoms with Crippen LogP contribution in [0.15, 0.2) is 49.3 Å². The number of aromatic nitrogens is 2. The Balaban J connectivity index is 1.62. The number of hydrogen-bond acceptors (Lipinski definition) is 6. The lowest BCUT2D eigenvalue weighted by molar-refractivity contribution is -0.118. The van der Waals surface area contributed by atoms with Gasteiger partial charge < -0.3 is 30.6 Å². The summed E-state index contributed by atoms with van der Waals surface area (Å²) in [4.78, 5) is 35.4. The molecule has 0 spiro atoms. The normalized spacial score (nSPS) is 16.1. The standard InChI is InChI=1S/C30H31ClN6O3/c1-4-24(38)36-30(12-16-37(2)17-13-30)11-8-19-18-32-14-9-20(19)26-27(25-22(34-26)10-15-33-29(25)39)35-23-7-5-6-21(31)28(23)40-3/h4-7,9,14,18,34-35H,1,10,12-13,15-17H2,2-3H3,(H,33,39)(H,36,38). The maximum atomic E-state index is 13.1. The van der Waals surface area contributed by atoms with Crippen LogP contribution in [0.3, 0.4) is 0 Å². The molecule has 1 saturated heterocycles. The van der Waals surface area contributed by atoms with Crippen molar-refractivity contribution in [3.05, 3.63) is 71.2 Å². The molecule has 2 aliphatic rings. The number of benzene rings is 1. The second-order valence-electron chi connectivity index (χ2n) is 9.93. The van der Waals surface area contributed by atoms with Crippen molar-refractivity contribution < 1.29 is 14.3 Å². The Hall–Kier alpha value is -4.26. The van der Waals surface area contributed by atoms with Crippen LogP contribution in [-0.2, 0) is 11.2 Å². The average Bonchev–Trinajstić information content (AvgIpc) is 3.33. The molecule has 0 saturated carbocycles. The molecule has 0 unspecified atom stereocenters.